The molecule has 2 aromatic heterocycles. The number of halogens is 8. The Morgan fingerprint density at radius 2 is 1.78 bits per heavy atom. The summed E-state index contributed by atoms with van der Waals surface area (Å²) in [6, 6.07) is 5.28. The SMILES string of the molecule is Cn1cc(C(=O)Nc2cnn(-c3c(F)cc(F)cc3-c3cccc(F)c3)c2C(F)(F)F)c(C(F)F)n1. The van der Waals surface area contributed by atoms with Crippen molar-refractivity contribution in [2.45, 2.75) is 12.6 Å². The van der Waals surface area contributed by atoms with E-state index in [1.54, 1.807) is 0 Å². The van der Waals surface area contributed by atoms with Crippen LogP contribution in [-0.2, 0) is 13.2 Å². The molecular weight excluding hydrogens is 502 g/mol. The number of aromatic nitrogens is 4. The van der Waals surface area contributed by atoms with Gasteiger partial charge in [-0.3, -0.25) is 9.48 Å². The van der Waals surface area contributed by atoms with Crippen LogP contribution in [-0.4, -0.2) is 25.5 Å². The van der Waals surface area contributed by atoms with Gasteiger partial charge in [0.15, 0.2) is 11.5 Å². The highest BCUT2D eigenvalue weighted by Gasteiger charge is 2.41. The minimum Gasteiger partial charge on any atom is -0.319 e. The Kier molecular flexibility index (Phi) is 6.28. The lowest BCUT2D eigenvalue weighted by Gasteiger charge is -2.17. The number of carbonyl (C=O) groups is 1. The predicted octanol–water partition coefficient (Wildman–Crippen LogP) is 5.90. The maximum absolute atomic E-state index is 14.9. The van der Waals surface area contributed by atoms with E-state index in [0.29, 0.717) is 18.3 Å². The van der Waals surface area contributed by atoms with Gasteiger partial charge in [0.25, 0.3) is 12.3 Å². The average Bonchev–Trinajstić information content (AvgIpc) is 3.37. The van der Waals surface area contributed by atoms with E-state index in [4.69, 9.17) is 0 Å². The molecule has 1 amide bonds. The van der Waals surface area contributed by atoms with Crippen molar-refractivity contribution in [1.29, 1.82) is 0 Å². The van der Waals surface area contributed by atoms with Gasteiger partial charge in [0.05, 0.1) is 17.4 Å². The Morgan fingerprint density at radius 1 is 1.06 bits per heavy atom. The average molecular weight is 515 g/mol. The first-order valence-corrected chi connectivity index (χ1v) is 9.90. The Balaban J connectivity index is 1.88. The number of nitrogens with zero attached hydrogens (tertiary/aromatic N) is 4. The largest absolute Gasteiger partial charge is 0.435 e. The van der Waals surface area contributed by atoms with Crippen LogP contribution in [0.5, 0.6) is 0 Å². The van der Waals surface area contributed by atoms with Gasteiger partial charge in [-0.15, -0.1) is 0 Å². The number of hydrogen-bond donors (Lipinski definition) is 1. The van der Waals surface area contributed by atoms with Crippen LogP contribution < -0.4 is 5.32 Å². The van der Waals surface area contributed by atoms with E-state index in [1.807, 2.05) is 5.32 Å². The van der Waals surface area contributed by atoms with Crippen molar-refractivity contribution in [3.63, 3.8) is 0 Å². The lowest BCUT2D eigenvalue weighted by Crippen LogP contribution is -2.20. The van der Waals surface area contributed by atoms with Crippen LogP contribution in [0.2, 0.25) is 0 Å². The van der Waals surface area contributed by atoms with Gasteiger partial charge in [-0.1, -0.05) is 12.1 Å². The number of aryl methyl sites for hydroxylation is 1. The van der Waals surface area contributed by atoms with E-state index >= 15 is 0 Å². The van der Waals surface area contributed by atoms with Gasteiger partial charge >= 0.3 is 6.18 Å². The molecule has 2 heterocycles. The third kappa shape index (κ3) is 4.65. The first-order valence-electron chi connectivity index (χ1n) is 9.90. The molecule has 0 aliphatic heterocycles. The first kappa shape index (κ1) is 24.9. The summed E-state index contributed by atoms with van der Waals surface area (Å²) in [5.74, 6) is -4.79. The Labute approximate surface area is 196 Å². The molecule has 0 saturated heterocycles. The summed E-state index contributed by atoms with van der Waals surface area (Å²) in [7, 11) is 1.23. The zero-order chi connectivity index (χ0) is 26.4. The first-order chi connectivity index (χ1) is 16.9. The number of alkyl halides is 5. The topological polar surface area (TPSA) is 64.7 Å². The Bertz CT molecular complexity index is 1460. The van der Waals surface area contributed by atoms with Gasteiger partial charge in [0.1, 0.15) is 23.0 Å². The summed E-state index contributed by atoms with van der Waals surface area (Å²) < 4.78 is 112. The van der Waals surface area contributed by atoms with E-state index in [0.717, 1.165) is 23.0 Å². The number of carbonyl (C=O) groups excluding carboxylic acids is 1. The summed E-state index contributed by atoms with van der Waals surface area (Å²) in [6.45, 7) is 0. The van der Waals surface area contributed by atoms with E-state index < -0.39 is 69.9 Å². The van der Waals surface area contributed by atoms with Crippen molar-refractivity contribution in [2.24, 2.45) is 7.05 Å². The van der Waals surface area contributed by atoms with Crippen molar-refractivity contribution in [2.75, 3.05) is 5.32 Å². The zero-order valence-corrected chi connectivity index (χ0v) is 17.9. The summed E-state index contributed by atoms with van der Waals surface area (Å²) in [4.78, 5) is 12.5. The number of benzene rings is 2. The van der Waals surface area contributed by atoms with E-state index in [-0.39, 0.29) is 10.2 Å². The van der Waals surface area contributed by atoms with Gasteiger partial charge in [-0.25, -0.2) is 26.6 Å². The maximum atomic E-state index is 14.9. The molecule has 188 valence electrons. The smallest absolute Gasteiger partial charge is 0.319 e. The lowest BCUT2D eigenvalue weighted by atomic mass is 10.0. The van der Waals surface area contributed by atoms with Crippen LogP contribution in [0, 0.1) is 17.5 Å². The number of anilines is 1. The number of rotatable bonds is 5. The van der Waals surface area contributed by atoms with Gasteiger partial charge < -0.3 is 5.32 Å². The third-order valence-electron chi connectivity index (χ3n) is 4.97. The fourth-order valence-electron chi connectivity index (χ4n) is 3.57. The van der Waals surface area contributed by atoms with Crippen LogP contribution in [0.15, 0.2) is 48.8 Å². The molecule has 0 unspecified atom stereocenters. The molecule has 0 fully saturated rings. The molecule has 0 aliphatic carbocycles. The zero-order valence-electron chi connectivity index (χ0n) is 17.9. The number of amides is 1. The lowest BCUT2D eigenvalue weighted by molar-refractivity contribution is -0.142. The van der Waals surface area contributed by atoms with Crippen molar-refractivity contribution < 1.29 is 39.9 Å². The molecule has 4 rings (SSSR count). The molecule has 6 nitrogen and oxygen atoms in total. The van der Waals surface area contributed by atoms with Crippen molar-refractivity contribution in [3.8, 4) is 16.8 Å². The summed E-state index contributed by atoms with van der Waals surface area (Å²) in [5, 5.41) is 8.78. The van der Waals surface area contributed by atoms with Crippen molar-refractivity contribution >= 4 is 11.6 Å². The second kappa shape index (κ2) is 9.09. The molecule has 14 heteroatoms. The number of hydrogen-bond acceptors (Lipinski definition) is 3. The molecule has 1 N–H and O–H groups in total. The quantitative estimate of drug-likeness (QED) is 0.337. The van der Waals surface area contributed by atoms with Gasteiger partial charge in [-0.2, -0.15) is 23.4 Å². The normalized spacial score (nSPS) is 11.8. The van der Waals surface area contributed by atoms with E-state index in [9.17, 15) is 39.9 Å². The van der Waals surface area contributed by atoms with Gasteiger partial charge in [0, 0.05) is 24.9 Å². The maximum Gasteiger partial charge on any atom is 0.435 e. The van der Waals surface area contributed by atoms with Gasteiger partial charge in [-0.05, 0) is 23.8 Å². The van der Waals surface area contributed by atoms with Crippen LogP contribution >= 0.6 is 0 Å². The van der Waals surface area contributed by atoms with Crippen LogP contribution in [0.3, 0.4) is 0 Å². The summed E-state index contributed by atoms with van der Waals surface area (Å²) in [5.41, 5.74) is -5.85. The van der Waals surface area contributed by atoms with Crippen molar-refractivity contribution in [3.05, 3.63) is 83.2 Å². The predicted molar refractivity (Wildman–Crippen MR) is 110 cm³/mol. The molecule has 36 heavy (non-hydrogen) atoms. The van der Waals surface area contributed by atoms with E-state index in [2.05, 4.69) is 10.2 Å². The molecule has 0 aliphatic rings. The molecule has 0 bridgehead atoms. The summed E-state index contributed by atoms with van der Waals surface area (Å²) >= 11 is 0. The molecule has 0 radical (unpaired) electrons. The summed E-state index contributed by atoms with van der Waals surface area (Å²) in [6.07, 6.45) is -7.05. The molecule has 0 atom stereocenters. The molecule has 4 aromatic rings. The highest BCUT2D eigenvalue weighted by atomic mass is 19.4. The monoisotopic (exact) mass is 515 g/mol. The minimum atomic E-state index is -5.26. The highest BCUT2D eigenvalue weighted by molar-refractivity contribution is 6.05. The van der Waals surface area contributed by atoms with Gasteiger partial charge in [0.2, 0.25) is 0 Å². The fourth-order valence-corrected chi connectivity index (χ4v) is 3.57. The second-order valence-electron chi connectivity index (χ2n) is 7.47. The second-order valence-corrected chi connectivity index (χ2v) is 7.47. The van der Waals surface area contributed by atoms with E-state index in [1.165, 1.54) is 19.2 Å². The molecule has 0 saturated carbocycles. The van der Waals surface area contributed by atoms with Crippen LogP contribution in [0.1, 0.15) is 28.2 Å². The minimum absolute atomic E-state index is 0.0713. The van der Waals surface area contributed by atoms with Crippen LogP contribution in [0.4, 0.5) is 40.8 Å². The Hall–Kier alpha value is -4.23. The molecule has 2 aromatic carbocycles. The standard InChI is InChI=1S/C22H13F8N5O/c1-34-9-14(17(33-34)20(26)27)21(36)32-16-8-31-35(19(16)22(28,29)30)18-13(6-12(24)7-15(18)25)10-3-2-4-11(23)5-10/h2-9,20H,1H3,(H,32,36). The number of nitrogens with one attached hydrogen (secondary N) is 1. The fraction of sp³-hybridized carbons (Fsp3) is 0.136. The molecular formula is C22H13F8N5O. The molecule has 0 spiro atoms. The van der Waals surface area contributed by atoms with Crippen LogP contribution in [0.25, 0.3) is 16.8 Å². The Morgan fingerprint density at radius 3 is 2.42 bits per heavy atom. The highest BCUT2D eigenvalue weighted by Crippen LogP contribution is 2.40. The van der Waals surface area contributed by atoms with Crippen molar-refractivity contribution in [1.82, 2.24) is 19.6 Å². The third-order valence-corrected chi connectivity index (χ3v) is 4.97.